The Hall–Kier alpha value is -1.58. The summed E-state index contributed by atoms with van der Waals surface area (Å²) in [7, 11) is 0. The van der Waals surface area contributed by atoms with Gasteiger partial charge < -0.3 is 14.8 Å². The summed E-state index contributed by atoms with van der Waals surface area (Å²) in [6, 6.07) is 14.9. The van der Waals surface area contributed by atoms with E-state index in [1.165, 1.54) is 10.8 Å². The third-order valence-electron chi connectivity index (χ3n) is 3.12. The van der Waals surface area contributed by atoms with Gasteiger partial charge in [-0.2, -0.15) is 0 Å². The number of hydrogen-bond acceptors (Lipinski definition) is 3. The van der Waals surface area contributed by atoms with E-state index < -0.39 is 0 Å². The van der Waals surface area contributed by atoms with Gasteiger partial charge >= 0.3 is 0 Å². The highest BCUT2D eigenvalue weighted by Crippen LogP contribution is 2.18. The van der Waals surface area contributed by atoms with Gasteiger partial charge in [-0.25, -0.2) is 0 Å². The van der Waals surface area contributed by atoms with Crippen molar-refractivity contribution in [2.75, 3.05) is 38.3 Å². The van der Waals surface area contributed by atoms with E-state index in [0.717, 1.165) is 31.9 Å². The molecule has 0 heterocycles. The molecule has 3 heteroatoms. The molecule has 20 heavy (non-hydrogen) atoms. The van der Waals surface area contributed by atoms with Gasteiger partial charge in [0.2, 0.25) is 0 Å². The van der Waals surface area contributed by atoms with Gasteiger partial charge in [0, 0.05) is 25.4 Å². The van der Waals surface area contributed by atoms with Crippen LogP contribution in [0, 0.1) is 0 Å². The maximum atomic E-state index is 5.48. The first-order valence-electron chi connectivity index (χ1n) is 7.28. The molecule has 0 saturated heterocycles. The third kappa shape index (κ3) is 4.83. The predicted octanol–water partition coefficient (Wildman–Crippen LogP) is 3.69. The summed E-state index contributed by atoms with van der Waals surface area (Å²) in [4.78, 5) is 0. The monoisotopic (exact) mass is 273 g/mol. The van der Waals surface area contributed by atoms with Gasteiger partial charge in [0.1, 0.15) is 0 Å². The molecule has 0 radical (unpaired) electrons. The Balaban J connectivity index is 1.65. The van der Waals surface area contributed by atoms with Crippen molar-refractivity contribution in [3.63, 3.8) is 0 Å². The van der Waals surface area contributed by atoms with E-state index in [0.29, 0.717) is 13.2 Å². The van der Waals surface area contributed by atoms with Crippen molar-refractivity contribution in [2.45, 2.75) is 13.3 Å². The first-order valence-corrected chi connectivity index (χ1v) is 7.28. The van der Waals surface area contributed by atoms with Crippen LogP contribution in [0.15, 0.2) is 42.5 Å². The fourth-order valence-corrected chi connectivity index (χ4v) is 2.07. The molecule has 108 valence electrons. The van der Waals surface area contributed by atoms with Gasteiger partial charge in [0.25, 0.3) is 0 Å². The van der Waals surface area contributed by atoms with E-state index in [4.69, 9.17) is 9.47 Å². The molecule has 0 unspecified atom stereocenters. The maximum Gasteiger partial charge on any atom is 0.0700 e. The highest BCUT2D eigenvalue weighted by atomic mass is 16.5. The van der Waals surface area contributed by atoms with Crippen LogP contribution in [0.5, 0.6) is 0 Å². The number of benzene rings is 2. The SMILES string of the molecule is CCOCCOCCCNc1ccc2ccccc2c1. The van der Waals surface area contributed by atoms with Crippen molar-refractivity contribution in [3.8, 4) is 0 Å². The minimum Gasteiger partial charge on any atom is -0.385 e. The lowest BCUT2D eigenvalue weighted by Gasteiger charge is -2.08. The maximum absolute atomic E-state index is 5.48. The van der Waals surface area contributed by atoms with Gasteiger partial charge in [-0.1, -0.05) is 30.3 Å². The lowest BCUT2D eigenvalue weighted by molar-refractivity contribution is 0.0528. The van der Waals surface area contributed by atoms with Crippen molar-refractivity contribution in [1.82, 2.24) is 0 Å². The number of fused-ring (bicyclic) bond motifs is 1. The molecule has 0 aromatic heterocycles. The van der Waals surface area contributed by atoms with E-state index in [9.17, 15) is 0 Å². The zero-order valence-corrected chi connectivity index (χ0v) is 12.1. The molecule has 0 amide bonds. The van der Waals surface area contributed by atoms with Crippen LogP contribution in [-0.4, -0.2) is 33.0 Å². The number of ether oxygens (including phenoxy) is 2. The summed E-state index contributed by atoms with van der Waals surface area (Å²) >= 11 is 0. The van der Waals surface area contributed by atoms with Crippen molar-refractivity contribution in [1.29, 1.82) is 0 Å². The Morgan fingerprint density at radius 3 is 2.55 bits per heavy atom. The average Bonchev–Trinajstić information content (AvgIpc) is 2.50. The molecular weight excluding hydrogens is 250 g/mol. The molecule has 2 rings (SSSR count). The molecule has 2 aromatic rings. The summed E-state index contributed by atoms with van der Waals surface area (Å²) in [6.45, 7) is 5.82. The van der Waals surface area contributed by atoms with Crippen molar-refractivity contribution in [3.05, 3.63) is 42.5 Å². The van der Waals surface area contributed by atoms with E-state index in [1.54, 1.807) is 0 Å². The number of hydrogen-bond donors (Lipinski definition) is 1. The van der Waals surface area contributed by atoms with Gasteiger partial charge in [-0.15, -0.1) is 0 Å². The van der Waals surface area contributed by atoms with Crippen LogP contribution in [0.25, 0.3) is 10.8 Å². The molecule has 0 saturated carbocycles. The zero-order chi connectivity index (χ0) is 14.0. The number of nitrogens with one attached hydrogen (secondary N) is 1. The molecule has 2 aromatic carbocycles. The molecule has 0 aliphatic rings. The summed E-state index contributed by atoms with van der Waals surface area (Å²) in [5, 5.41) is 5.97. The molecule has 0 spiro atoms. The highest BCUT2D eigenvalue weighted by Gasteiger charge is 1.95. The average molecular weight is 273 g/mol. The minimum absolute atomic E-state index is 0.684. The van der Waals surface area contributed by atoms with E-state index in [-0.39, 0.29) is 0 Å². The highest BCUT2D eigenvalue weighted by molar-refractivity contribution is 5.85. The van der Waals surface area contributed by atoms with Crippen LogP contribution < -0.4 is 5.32 Å². The summed E-state index contributed by atoms with van der Waals surface area (Å²) in [5.41, 5.74) is 1.16. The van der Waals surface area contributed by atoms with Gasteiger partial charge in [0.05, 0.1) is 13.2 Å². The quantitative estimate of drug-likeness (QED) is 0.707. The molecule has 0 aliphatic heterocycles. The van der Waals surface area contributed by atoms with Crippen LogP contribution in [0.3, 0.4) is 0 Å². The lowest BCUT2D eigenvalue weighted by atomic mass is 10.1. The minimum atomic E-state index is 0.684. The van der Waals surface area contributed by atoms with Crippen LogP contribution in [0.4, 0.5) is 5.69 Å². The molecule has 0 fully saturated rings. The van der Waals surface area contributed by atoms with Crippen LogP contribution >= 0.6 is 0 Å². The molecule has 1 N–H and O–H groups in total. The van der Waals surface area contributed by atoms with Gasteiger partial charge in [-0.05, 0) is 36.2 Å². The predicted molar refractivity (Wildman–Crippen MR) is 84.4 cm³/mol. The zero-order valence-electron chi connectivity index (χ0n) is 12.1. The van der Waals surface area contributed by atoms with Gasteiger partial charge in [0.15, 0.2) is 0 Å². The normalized spacial score (nSPS) is 10.8. The summed E-state index contributed by atoms with van der Waals surface area (Å²) < 4.78 is 10.7. The second kappa shape index (κ2) is 8.56. The first kappa shape index (κ1) is 14.8. The number of anilines is 1. The second-order valence-electron chi connectivity index (χ2n) is 4.65. The standard InChI is InChI=1S/C17H23NO2/c1-2-19-12-13-20-11-5-10-18-17-9-8-15-6-3-4-7-16(15)14-17/h3-4,6-9,14,18H,2,5,10-13H2,1H3. The fourth-order valence-electron chi connectivity index (χ4n) is 2.07. The Bertz CT molecular complexity index is 513. The largest absolute Gasteiger partial charge is 0.385 e. The summed E-state index contributed by atoms with van der Waals surface area (Å²) in [5.74, 6) is 0. The Morgan fingerprint density at radius 1 is 0.900 bits per heavy atom. The lowest BCUT2D eigenvalue weighted by Crippen LogP contribution is -2.09. The number of rotatable bonds is 9. The van der Waals surface area contributed by atoms with Crippen molar-refractivity contribution < 1.29 is 9.47 Å². The Kier molecular flexibility index (Phi) is 6.35. The van der Waals surface area contributed by atoms with E-state index >= 15 is 0 Å². The van der Waals surface area contributed by atoms with E-state index in [1.807, 2.05) is 6.92 Å². The smallest absolute Gasteiger partial charge is 0.0700 e. The Labute approximate surface area is 120 Å². The van der Waals surface area contributed by atoms with Crippen LogP contribution in [0.1, 0.15) is 13.3 Å². The van der Waals surface area contributed by atoms with Crippen LogP contribution in [-0.2, 0) is 9.47 Å². The van der Waals surface area contributed by atoms with Crippen molar-refractivity contribution in [2.24, 2.45) is 0 Å². The molecule has 0 aliphatic carbocycles. The molecule has 0 bridgehead atoms. The molecular formula is C17H23NO2. The second-order valence-corrected chi connectivity index (χ2v) is 4.65. The van der Waals surface area contributed by atoms with Crippen molar-refractivity contribution >= 4 is 16.5 Å². The third-order valence-corrected chi connectivity index (χ3v) is 3.12. The Morgan fingerprint density at radius 2 is 1.70 bits per heavy atom. The van der Waals surface area contributed by atoms with Crippen LogP contribution in [0.2, 0.25) is 0 Å². The van der Waals surface area contributed by atoms with Gasteiger partial charge in [-0.3, -0.25) is 0 Å². The topological polar surface area (TPSA) is 30.5 Å². The first-order chi connectivity index (χ1) is 9.90. The fraction of sp³-hybridized carbons (Fsp3) is 0.412. The summed E-state index contributed by atoms with van der Waals surface area (Å²) in [6.07, 6.45) is 0.999. The van der Waals surface area contributed by atoms with E-state index in [2.05, 4.69) is 47.8 Å². The molecule has 3 nitrogen and oxygen atoms in total. The molecule has 0 atom stereocenters.